The molecule has 3 rings (SSSR count). The Hall–Kier alpha value is -2.78. The van der Waals surface area contributed by atoms with E-state index in [1.54, 1.807) is 16.9 Å². The predicted molar refractivity (Wildman–Crippen MR) is 123 cm³/mol. The maximum atomic E-state index is 12.7. The molecule has 192 valence electrons. The van der Waals surface area contributed by atoms with Gasteiger partial charge in [0.2, 0.25) is 11.9 Å². The SMILES string of the molecule is COC[C@@H](COCCC(=O)N1CCN(c2ncc(C(F)(F)F)cn2)CC1)Nc1cn[nH]c(=O)c1Br. The van der Waals surface area contributed by atoms with Gasteiger partial charge in [0, 0.05) is 45.7 Å². The van der Waals surface area contributed by atoms with Crippen molar-refractivity contribution < 1.29 is 27.4 Å². The molecule has 1 aliphatic heterocycles. The number of H-pyrrole nitrogens is 1. The smallest absolute Gasteiger partial charge is 0.382 e. The number of nitrogens with one attached hydrogen (secondary N) is 2. The lowest BCUT2D eigenvalue weighted by molar-refractivity contribution is -0.138. The average Bonchev–Trinajstić information content (AvgIpc) is 2.84. The molecule has 0 aromatic carbocycles. The van der Waals surface area contributed by atoms with Gasteiger partial charge in [0.25, 0.3) is 5.56 Å². The highest BCUT2D eigenvalue weighted by atomic mass is 79.9. The summed E-state index contributed by atoms with van der Waals surface area (Å²) >= 11 is 3.20. The molecular formula is C20H25BrF3N7O4. The van der Waals surface area contributed by atoms with Gasteiger partial charge in [-0.2, -0.15) is 18.3 Å². The van der Waals surface area contributed by atoms with Crippen LogP contribution in [0.2, 0.25) is 0 Å². The first kappa shape index (κ1) is 26.8. The van der Waals surface area contributed by atoms with Crippen molar-refractivity contribution >= 4 is 33.5 Å². The molecule has 35 heavy (non-hydrogen) atoms. The number of nitrogens with zero attached hydrogens (tertiary/aromatic N) is 5. The minimum Gasteiger partial charge on any atom is -0.382 e. The Labute approximate surface area is 207 Å². The van der Waals surface area contributed by atoms with Gasteiger partial charge in [0.15, 0.2) is 0 Å². The van der Waals surface area contributed by atoms with Crippen molar-refractivity contribution in [2.24, 2.45) is 0 Å². The number of methoxy groups -OCH3 is 1. The number of carbonyl (C=O) groups is 1. The molecular weight excluding hydrogens is 539 g/mol. The quantitative estimate of drug-likeness (QED) is 0.414. The first-order chi connectivity index (χ1) is 16.7. The van der Waals surface area contributed by atoms with Crippen molar-refractivity contribution in [1.82, 2.24) is 25.1 Å². The largest absolute Gasteiger partial charge is 0.419 e. The van der Waals surface area contributed by atoms with Crippen LogP contribution in [-0.2, 0) is 20.4 Å². The molecule has 1 amide bonds. The molecule has 1 fully saturated rings. The lowest BCUT2D eigenvalue weighted by Crippen LogP contribution is -2.49. The minimum atomic E-state index is -4.49. The van der Waals surface area contributed by atoms with E-state index < -0.39 is 11.7 Å². The highest BCUT2D eigenvalue weighted by Gasteiger charge is 2.32. The lowest BCUT2D eigenvalue weighted by Gasteiger charge is -2.34. The molecule has 15 heteroatoms. The van der Waals surface area contributed by atoms with Gasteiger partial charge in [0.1, 0.15) is 4.47 Å². The number of halogens is 4. The van der Waals surface area contributed by atoms with Gasteiger partial charge < -0.3 is 24.6 Å². The molecule has 11 nitrogen and oxygen atoms in total. The maximum Gasteiger partial charge on any atom is 0.419 e. The molecule has 1 saturated heterocycles. The predicted octanol–water partition coefficient (Wildman–Crippen LogP) is 1.52. The van der Waals surface area contributed by atoms with Crippen LogP contribution in [0.3, 0.4) is 0 Å². The molecule has 0 aliphatic carbocycles. The molecule has 0 radical (unpaired) electrons. The third-order valence-electron chi connectivity index (χ3n) is 5.18. The van der Waals surface area contributed by atoms with Crippen LogP contribution < -0.4 is 15.8 Å². The standard InChI is InChI=1S/C20H25BrF3N7O4/c1-34-11-14(28-15-10-27-29-18(33)17(15)21)12-35-7-2-16(32)30-3-5-31(6-4-30)19-25-8-13(9-26-19)20(22,23)24/h8-10,14H,2-7,11-12H2,1H3,(H2,28,29,33)/t14-/m0/s1. The van der Waals surface area contributed by atoms with Gasteiger partial charge in [-0.1, -0.05) is 0 Å². The summed E-state index contributed by atoms with van der Waals surface area (Å²) in [7, 11) is 1.54. The highest BCUT2D eigenvalue weighted by Crippen LogP contribution is 2.28. The summed E-state index contributed by atoms with van der Waals surface area (Å²) < 4.78 is 49.1. The van der Waals surface area contributed by atoms with Crippen molar-refractivity contribution in [2.45, 2.75) is 18.6 Å². The number of alkyl halides is 3. The molecule has 2 aromatic rings. The van der Waals surface area contributed by atoms with Crippen molar-refractivity contribution in [3.63, 3.8) is 0 Å². The molecule has 0 unspecified atom stereocenters. The van der Waals surface area contributed by atoms with Gasteiger partial charge in [-0.3, -0.25) is 9.59 Å². The summed E-state index contributed by atoms with van der Waals surface area (Å²) in [4.78, 5) is 35.2. The number of carbonyl (C=O) groups excluding carboxylic acids is 1. The minimum absolute atomic E-state index is 0.0872. The zero-order valence-corrected chi connectivity index (χ0v) is 20.4. The van der Waals surface area contributed by atoms with Crippen LogP contribution in [0.4, 0.5) is 24.8 Å². The number of aromatic nitrogens is 4. The number of hydrogen-bond acceptors (Lipinski definition) is 9. The Kier molecular flexibility index (Phi) is 9.40. The van der Waals surface area contributed by atoms with Crippen LogP contribution in [0.5, 0.6) is 0 Å². The van der Waals surface area contributed by atoms with E-state index in [-0.39, 0.29) is 43.1 Å². The van der Waals surface area contributed by atoms with Crippen LogP contribution in [0, 0.1) is 0 Å². The highest BCUT2D eigenvalue weighted by molar-refractivity contribution is 9.10. The fraction of sp³-hybridized carbons (Fsp3) is 0.550. The summed E-state index contributed by atoms with van der Waals surface area (Å²) in [5.74, 6) is 0.114. The van der Waals surface area contributed by atoms with Crippen LogP contribution in [0.1, 0.15) is 12.0 Å². The van der Waals surface area contributed by atoms with E-state index in [0.29, 0.717) is 42.9 Å². The van der Waals surface area contributed by atoms with E-state index >= 15 is 0 Å². The van der Waals surface area contributed by atoms with E-state index in [0.717, 1.165) is 12.4 Å². The number of hydrogen-bond donors (Lipinski definition) is 2. The summed E-state index contributed by atoms with van der Waals surface area (Å²) in [6.07, 6.45) is -1.33. The molecule has 0 bridgehead atoms. The second kappa shape index (κ2) is 12.3. The Bertz CT molecular complexity index is 1030. The molecule has 3 heterocycles. The van der Waals surface area contributed by atoms with Gasteiger partial charge in [-0.25, -0.2) is 15.1 Å². The lowest BCUT2D eigenvalue weighted by atomic mass is 10.3. The van der Waals surface area contributed by atoms with Crippen molar-refractivity contribution in [1.29, 1.82) is 0 Å². The third-order valence-corrected chi connectivity index (χ3v) is 5.97. The molecule has 0 saturated carbocycles. The Morgan fingerprint density at radius 1 is 1.20 bits per heavy atom. The second-order valence-corrected chi connectivity index (χ2v) is 8.48. The summed E-state index contributed by atoms with van der Waals surface area (Å²) in [6, 6.07) is -0.276. The first-order valence-corrected chi connectivity index (χ1v) is 11.5. The van der Waals surface area contributed by atoms with Crippen LogP contribution in [0.25, 0.3) is 0 Å². The molecule has 2 aromatic heterocycles. The molecule has 2 N–H and O–H groups in total. The number of anilines is 2. The average molecular weight is 564 g/mol. The maximum absolute atomic E-state index is 12.7. The van der Waals surface area contributed by atoms with E-state index in [1.807, 2.05) is 0 Å². The van der Waals surface area contributed by atoms with Gasteiger partial charge in [-0.05, 0) is 15.9 Å². The fourth-order valence-electron chi connectivity index (χ4n) is 3.37. The van der Waals surface area contributed by atoms with Gasteiger partial charge in [0.05, 0.1) is 49.7 Å². The molecule has 0 spiro atoms. The normalized spacial score (nSPS) is 15.2. The first-order valence-electron chi connectivity index (χ1n) is 10.7. The van der Waals surface area contributed by atoms with Gasteiger partial charge in [-0.15, -0.1) is 0 Å². The molecule has 1 aliphatic rings. The number of amides is 1. The van der Waals surface area contributed by atoms with E-state index in [2.05, 4.69) is 41.4 Å². The fourth-order valence-corrected chi connectivity index (χ4v) is 3.67. The summed E-state index contributed by atoms with van der Waals surface area (Å²) in [5, 5.41) is 9.18. The monoisotopic (exact) mass is 563 g/mol. The number of rotatable bonds is 10. The summed E-state index contributed by atoms with van der Waals surface area (Å²) in [6.45, 7) is 2.37. The zero-order valence-electron chi connectivity index (χ0n) is 18.8. The third kappa shape index (κ3) is 7.60. The Morgan fingerprint density at radius 2 is 1.89 bits per heavy atom. The van der Waals surface area contributed by atoms with Crippen LogP contribution in [0.15, 0.2) is 27.9 Å². The van der Waals surface area contributed by atoms with Crippen molar-refractivity contribution in [2.75, 3.05) is 63.3 Å². The number of piperazine rings is 1. The number of aromatic amines is 1. The van der Waals surface area contributed by atoms with Crippen LogP contribution in [-0.4, -0.2) is 90.1 Å². The second-order valence-electron chi connectivity index (χ2n) is 7.69. The van der Waals surface area contributed by atoms with Crippen molar-refractivity contribution in [3.8, 4) is 0 Å². The molecule has 1 atom stereocenters. The zero-order chi connectivity index (χ0) is 25.4. The number of ether oxygens (including phenoxy) is 2. The van der Waals surface area contributed by atoms with Crippen molar-refractivity contribution in [3.05, 3.63) is 39.0 Å². The van der Waals surface area contributed by atoms with E-state index in [1.165, 1.54) is 6.20 Å². The van der Waals surface area contributed by atoms with Crippen LogP contribution >= 0.6 is 15.9 Å². The van der Waals surface area contributed by atoms with E-state index in [4.69, 9.17) is 9.47 Å². The topological polar surface area (TPSA) is 126 Å². The van der Waals surface area contributed by atoms with Gasteiger partial charge >= 0.3 is 6.18 Å². The van der Waals surface area contributed by atoms with E-state index in [9.17, 15) is 22.8 Å². The summed E-state index contributed by atoms with van der Waals surface area (Å²) in [5.41, 5.74) is -0.784. The Balaban J connectivity index is 1.40. The Morgan fingerprint density at radius 3 is 2.51 bits per heavy atom.